The van der Waals surface area contributed by atoms with E-state index in [1.54, 1.807) is 0 Å². The molecule has 0 atom stereocenters. The standard InChI is InChI=1S/C10H16BO2.3CH3.Sn/c1-6-7-8-11-12-9(2,3)10(4,5)13-11;;;;/h1,6-8H,2-5H3;3*1H3;/b6-1?,8-7-;;;;. The first-order valence-electron chi connectivity index (χ1n) is 6.25. The zero-order chi connectivity index (χ0) is 13.3. The Morgan fingerprint density at radius 2 is 1.35 bits per heavy atom. The van der Waals surface area contributed by atoms with Gasteiger partial charge in [0.2, 0.25) is 0 Å². The van der Waals surface area contributed by atoms with Crippen LogP contribution in [0.2, 0.25) is 14.8 Å². The molecule has 0 aromatic rings. The van der Waals surface area contributed by atoms with Crippen LogP contribution >= 0.6 is 0 Å². The fraction of sp³-hybridized carbons (Fsp3) is 0.692. The van der Waals surface area contributed by atoms with Gasteiger partial charge in [-0.15, -0.1) is 0 Å². The zero-order valence-electron chi connectivity index (χ0n) is 12.2. The van der Waals surface area contributed by atoms with Crippen LogP contribution in [0.4, 0.5) is 0 Å². The van der Waals surface area contributed by atoms with Crippen molar-refractivity contribution in [3.63, 3.8) is 0 Å². The summed E-state index contributed by atoms with van der Waals surface area (Å²) < 4.78 is 14.1. The summed E-state index contributed by atoms with van der Waals surface area (Å²) in [6.45, 7) is 8.29. The molecule has 1 saturated heterocycles. The number of hydrogen-bond donors (Lipinski definition) is 0. The van der Waals surface area contributed by atoms with E-state index in [1.807, 2.05) is 12.1 Å². The van der Waals surface area contributed by atoms with Gasteiger partial charge in [0, 0.05) is 0 Å². The number of allylic oxidation sites excluding steroid dienone is 2. The minimum absolute atomic E-state index is 0.222. The van der Waals surface area contributed by atoms with E-state index in [1.165, 1.54) is 0 Å². The quantitative estimate of drug-likeness (QED) is 0.576. The van der Waals surface area contributed by atoms with Crippen molar-refractivity contribution in [1.82, 2.24) is 0 Å². The summed E-state index contributed by atoms with van der Waals surface area (Å²) >= 11 is -1.78. The van der Waals surface area contributed by atoms with Crippen molar-refractivity contribution in [2.75, 3.05) is 0 Å². The van der Waals surface area contributed by atoms with Crippen LogP contribution in [0.3, 0.4) is 0 Å². The van der Waals surface area contributed by atoms with E-state index in [2.05, 4.69) is 52.7 Å². The molecular formula is C13H25BO2Sn. The van der Waals surface area contributed by atoms with Gasteiger partial charge in [0.25, 0.3) is 0 Å². The van der Waals surface area contributed by atoms with E-state index in [4.69, 9.17) is 9.31 Å². The normalized spacial score (nSPS) is 24.1. The van der Waals surface area contributed by atoms with Crippen LogP contribution in [0.15, 0.2) is 22.2 Å². The monoisotopic (exact) mass is 344 g/mol. The third kappa shape index (κ3) is 4.45. The van der Waals surface area contributed by atoms with E-state index in [0.717, 1.165) is 0 Å². The van der Waals surface area contributed by atoms with Crippen molar-refractivity contribution in [1.29, 1.82) is 0 Å². The summed E-state index contributed by atoms with van der Waals surface area (Å²) in [5.74, 6) is 1.99. The molecule has 0 radical (unpaired) electrons. The van der Waals surface area contributed by atoms with Crippen LogP contribution < -0.4 is 0 Å². The average molecular weight is 343 g/mol. The molecule has 1 rings (SSSR count). The Kier molecular flexibility index (Phi) is 4.59. The summed E-state index contributed by atoms with van der Waals surface area (Å²) in [6, 6.07) is 0. The van der Waals surface area contributed by atoms with Gasteiger partial charge in [-0.2, -0.15) is 0 Å². The van der Waals surface area contributed by atoms with E-state index in [0.29, 0.717) is 0 Å². The van der Waals surface area contributed by atoms with Gasteiger partial charge in [-0.25, -0.2) is 0 Å². The molecule has 2 nitrogen and oxygen atoms in total. The van der Waals surface area contributed by atoms with E-state index in [9.17, 15) is 0 Å². The summed E-state index contributed by atoms with van der Waals surface area (Å²) in [6.07, 6.45) is 4.19. The van der Waals surface area contributed by atoms with Crippen LogP contribution in [0, 0.1) is 0 Å². The van der Waals surface area contributed by atoms with Gasteiger partial charge in [0.1, 0.15) is 0 Å². The zero-order valence-corrected chi connectivity index (χ0v) is 15.1. The van der Waals surface area contributed by atoms with Crippen molar-refractivity contribution in [3.8, 4) is 0 Å². The Balaban J connectivity index is 2.57. The Morgan fingerprint density at radius 3 is 1.76 bits per heavy atom. The number of hydrogen-bond acceptors (Lipinski definition) is 2. The summed E-state index contributed by atoms with van der Waals surface area (Å²) in [5, 5.41) is 0. The van der Waals surface area contributed by atoms with Crippen molar-refractivity contribution >= 4 is 25.5 Å². The Hall–Kier alpha value is 0.264. The van der Waals surface area contributed by atoms with Gasteiger partial charge in [-0.1, -0.05) is 0 Å². The molecule has 1 aliphatic heterocycles. The molecule has 1 heterocycles. The van der Waals surface area contributed by atoms with Crippen LogP contribution in [0.25, 0.3) is 0 Å². The molecule has 0 aromatic carbocycles. The molecule has 1 fully saturated rings. The Labute approximate surface area is 110 Å². The van der Waals surface area contributed by atoms with Crippen molar-refractivity contribution in [3.05, 3.63) is 22.2 Å². The fourth-order valence-corrected chi connectivity index (χ4v) is 3.43. The van der Waals surface area contributed by atoms with Gasteiger partial charge >= 0.3 is 111 Å². The number of rotatable bonds is 3. The second-order valence-corrected chi connectivity index (χ2v) is 21.2. The SMILES string of the molecule is CC1(C)OB(/C=C\C=[CH]/[Sn]([CH3])([CH3])[CH3])OC1(C)C. The third-order valence-electron chi connectivity index (χ3n) is 3.25. The van der Waals surface area contributed by atoms with Gasteiger partial charge in [-0.05, 0) is 0 Å². The fourth-order valence-electron chi connectivity index (χ4n) is 1.47. The van der Waals surface area contributed by atoms with Gasteiger partial charge in [0.15, 0.2) is 0 Å². The predicted octanol–water partition coefficient (Wildman–Crippen LogP) is 3.61. The van der Waals surface area contributed by atoms with Crippen LogP contribution in [0.5, 0.6) is 0 Å². The first kappa shape index (κ1) is 15.3. The predicted molar refractivity (Wildman–Crippen MR) is 77.7 cm³/mol. The molecule has 1 aliphatic rings. The van der Waals surface area contributed by atoms with Crippen LogP contribution in [-0.4, -0.2) is 36.7 Å². The summed E-state index contributed by atoms with van der Waals surface area (Å²) in [5.41, 5.74) is -0.482. The molecule has 0 spiro atoms. The molecule has 0 amide bonds. The van der Waals surface area contributed by atoms with Crippen LogP contribution in [0.1, 0.15) is 27.7 Å². The average Bonchev–Trinajstić information content (AvgIpc) is 2.28. The van der Waals surface area contributed by atoms with E-state index >= 15 is 0 Å². The molecule has 4 heteroatoms. The van der Waals surface area contributed by atoms with Crippen LogP contribution in [-0.2, 0) is 9.31 Å². The molecule has 17 heavy (non-hydrogen) atoms. The second-order valence-electron chi connectivity index (χ2n) is 6.73. The molecule has 0 aromatic heterocycles. The maximum atomic E-state index is 5.87. The summed E-state index contributed by atoms with van der Waals surface area (Å²) in [4.78, 5) is 7.15. The maximum absolute atomic E-state index is 5.87. The van der Waals surface area contributed by atoms with Crippen molar-refractivity contribution in [2.24, 2.45) is 0 Å². The van der Waals surface area contributed by atoms with E-state index < -0.39 is 18.4 Å². The molecule has 0 bridgehead atoms. The van der Waals surface area contributed by atoms with Crippen molar-refractivity contribution in [2.45, 2.75) is 53.7 Å². The third-order valence-corrected chi connectivity index (χ3v) is 6.65. The molecule has 0 N–H and O–H groups in total. The molecular weight excluding hydrogens is 318 g/mol. The second kappa shape index (κ2) is 5.10. The van der Waals surface area contributed by atoms with Crippen molar-refractivity contribution < 1.29 is 9.31 Å². The Bertz CT molecular complexity index is 311. The Morgan fingerprint density at radius 1 is 0.882 bits per heavy atom. The minimum atomic E-state index is -1.78. The molecule has 0 aliphatic carbocycles. The first-order valence-corrected chi connectivity index (χ1v) is 16.5. The van der Waals surface area contributed by atoms with Gasteiger partial charge in [0.05, 0.1) is 0 Å². The molecule has 0 unspecified atom stereocenters. The van der Waals surface area contributed by atoms with Gasteiger partial charge in [-0.3, -0.25) is 0 Å². The topological polar surface area (TPSA) is 18.5 Å². The summed E-state index contributed by atoms with van der Waals surface area (Å²) in [7, 11) is -0.222. The van der Waals surface area contributed by atoms with Gasteiger partial charge < -0.3 is 0 Å². The molecule has 0 saturated carbocycles. The molecule has 96 valence electrons. The first-order chi connectivity index (χ1) is 7.54. The van der Waals surface area contributed by atoms with E-state index in [-0.39, 0.29) is 18.3 Å².